The van der Waals surface area contributed by atoms with Crippen molar-refractivity contribution in [3.63, 3.8) is 0 Å². The summed E-state index contributed by atoms with van der Waals surface area (Å²) < 4.78 is 0.857. The fraction of sp³-hybridized carbons (Fsp3) is 0.357. The Kier molecular flexibility index (Phi) is 6.36. The molecule has 0 heterocycles. The summed E-state index contributed by atoms with van der Waals surface area (Å²) >= 11 is 3.32. The summed E-state index contributed by atoms with van der Waals surface area (Å²) in [5.41, 5.74) is 1.22. The van der Waals surface area contributed by atoms with Crippen LogP contribution in [-0.2, 0) is 9.59 Å². The second-order valence-electron chi connectivity index (χ2n) is 4.61. The Morgan fingerprint density at radius 3 is 2.48 bits per heavy atom. The third kappa shape index (κ3) is 5.55. The van der Waals surface area contributed by atoms with Crippen LogP contribution in [0.2, 0.25) is 0 Å². The standard InChI is InChI=1S/C14H16BrNO5/c1-8-7-9(5-6-10(8)15)13(19)16-11(14(20)21)3-2-4-12(17)18/h5-7,11H,2-4H2,1H3,(H,16,19)(H,17,18)(H,20,21)/t11-/m1/s1. The maximum absolute atomic E-state index is 12.0. The molecule has 3 N–H and O–H groups in total. The summed E-state index contributed by atoms with van der Waals surface area (Å²) in [4.78, 5) is 33.5. The van der Waals surface area contributed by atoms with E-state index in [0.717, 1.165) is 10.0 Å². The third-order valence-corrected chi connectivity index (χ3v) is 3.80. The van der Waals surface area contributed by atoms with Crippen LogP contribution in [0.1, 0.15) is 35.2 Å². The van der Waals surface area contributed by atoms with Gasteiger partial charge >= 0.3 is 11.9 Å². The lowest BCUT2D eigenvalue weighted by molar-refractivity contribution is -0.140. The number of carboxylic acids is 2. The van der Waals surface area contributed by atoms with Crippen LogP contribution < -0.4 is 5.32 Å². The summed E-state index contributed by atoms with van der Waals surface area (Å²) in [5, 5.41) is 20.0. The Morgan fingerprint density at radius 2 is 1.95 bits per heavy atom. The zero-order valence-electron chi connectivity index (χ0n) is 11.4. The van der Waals surface area contributed by atoms with Gasteiger partial charge < -0.3 is 15.5 Å². The topological polar surface area (TPSA) is 104 Å². The SMILES string of the molecule is Cc1cc(C(=O)N[C@H](CCCC(=O)O)C(=O)O)ccc1Br. The average molecular weight is 358 g/mol. The van der Waals surface area contributed by atoms with Gasteiger partial charge in [0.05, 0.1) is 0 Å². The molecular formula is C14H16BrNO5. The number of halogens is 1. The van der Waals surface area contributed by atoms with E-state index in [-0.39, 0.29) is 19.3 Å². The summed E-state index contributed by atoms with van der Waals surface area (Å²) in [6.45, 7) is 1.82. The third-order valence-electron chi connectivity index (χ3n) is 2.91. The van der Waals surface area contributed by atoms with E-state index in [4.69, 9.17) is 10.2 Å². The maximum atomic E-state index is 12.0. The molecule has 0 saturated carbocycles. The van der Waals surface area contributed by atoms with Gasteiger partial charge in [0.1, 0.15) is 6.04 Å². The molecule has 1 amide bonds. The minimum absolute atomic E-state index is 0.0723. The van der Waals surface area contributed by atoms with Crippen LogP contribution in [0.5, 0.6) is 0 Å². The van der Waals surface area contributed by atoms with Gasteiger partial charge in [0.25, 0.3) is 5.91 Å². The molecule has 0 aliphatic carbocycles. The second kappa shape index (κ2) is 7.78. The number of carbonyl (C=O) groups excluding carboxylic acids is 1. The van der Waals surface area contributed by atoms with Crippen LogP contribution in [0, 0.1) is 6.92 Å². The van der Waals surface area contributed by atoms with Crippen LogP contribution in [-0.4, -0.2) is 34.1 Å². The number of carbonyl (C=O) groups is 3. The van der Waals surface area contributed by atoms with Crippen LogP contribution in [0.25, 0.3) is 0 Å². The van der Waals surface area contributed by atoms with Crippen LogP contribution >= 0.6 is 15.9 Å². The molecule has 0 fully saturated rings. The average Bonchev–Trinajstić information content (AvgIpc) is 2.40. The zero-order valence-corrected chi connectivity index (χ0v) is 13.0. The van der Waals surface area contributed by atoms with E-state index in [1.165, 1.54) is 0 Å². The van der Waals surface area contributed by atoms with Gasteiger partial charge in [-0.05, 0) is 43.5 Å². The van der Waals surface area contributed by atoms with Crippen molar-refractivity contribution in [3.05, 3.63) is 33.8 Å². The molecule has 1 aromatic rings. The fourth-order valence-electron chi connectivity index (χ4n) is 1.74. The van der Waals surface area contributed by atoms with E-state index in [2.05, 4.69) is 21.2 Å². The molecule has 0 aliphatic rings. The zero-order chi connectivity index (χ0) is 16.0. The molecule has 0 aromatic heterocycles. The van der Waals surface area contributed by atoms with Gasteiger partial charge in [-0.3, -0.25) is 9.59 Å². The summed E-state index contributed by atoms with van der Waals surface area (Å²) in [6, 6.07) is 3.85. The molecule has 0 radical (unpaired) electrons. The van der Waals surface area contributed by atoms with E-state index < -0.39 is 23.9 Å². The Bertz CT molecular complexity index is 558. The normalized spacial score (nSPS) is 11.7. The fourth-order valence-corrected chi connectivity index (χ4v) is 1.99. The number of nitrogens with one attached hydrogen (secondary N) is 1. The highest BCUT2D eigenvalue weighted by Crippen LogP contribution is 2.17. The van der Waals surface area contributed by atoms with E-state index in [1.54, 1.807) is 18.2 Å². The molecule has 114 valence electrons. The Hall–Kier alpha value is -1.89. The highest BCUT2D eigenvalue weighted by molar-refractivity contribution is 9.10. The molecule has 0 aliphatic heterocycles. The van der Waals surface area contributed by atoms with Crippen molar-refractivity contribution in [3.8, 4) is 0 Å². The lowest BCUT2D eigenvalue weighted by atomic mass is 10.1. The molecule has 0 unspecified atom stereocenters. The van der Waals surface area contributed by atoms with Crippen molar-refractivity contribution in [2.24, 2.45) is 0 Å². The summed E-state index contributed by atoms with van der Waals surface area (Å²) in [7, 11) is 0. The first kappa shape index (κ1) is 17.2. The molecule has 21 heavy (non-hydrogen) atoms. The monoisotopic (exact) mass is 357 g/mol. The first-order valence-corrected chi connectivity index (χ1v) is 7.12. The van der Waals surface area contributed by atoms with E-state index in [0.29, 0.717) is 5.56 Å². The predicted octanol–water partition coefficient (Wildman–Crippen LogP) is 2.20. The Balaban J connectivity index is 2.69. The number of hydrogen-bond donors (Lipinski definition) is 3. The van der Waals surface area contributed by atoms with Crippen molar-refractivity contribution in [2.45, 2.75) is 32.2 Å². The van der Waals surface area contributed by atoms with Gasteiger partial charge in [0.2, 0.25) is 0 Å². The number of aryl methyl sites for hydroxylation is 1. The molecule has 0 saturated heterocycles. The lowest BCUT2D eigenvalue weighted by Crippen LogP contribution is -2.40. The highest BCUT2D eigenvalue weighted by Gasteiger charge is 2.20. The quantitative estimate of drug-likeness (QED) is 0.693. The second-order valence-corrected chi connectivity index (χ2v) is 5.47. The summed E-state index contributed by atoms with van der Waals surface area (Å²) in [5.74, 6) is -2.66. The number of hydrogen-bond acceptors (Lipinski definition) is 3. The molecule has 6 nitrogen and oxygen atoms in total. The van der Waals surface area contributed by atoms with Crippen molar-refractivity contribution in [2.75, 3.05) is 0 Å². The molecule has 1 aromatic carbocycles. The van der Waals surface area contributed by atoms with Crippen molar-refractivity contribution in [1.29, 1.82) is 0 Å². The lowest BCUT2D eigenvalue weighted by Gasteiger charge is -2.14. The minimum Gasteiger partial charge on any atom is -0.481 e. The van der Waals surface area contributed by atoms with Gasteiger partial charge in [-0.1, -0.05) is 15.9 Å². The number of benzene rings is 1. The van der Waals surface area contributed by atoms with Crippen molar-refractivity contribution < 1.29 is 24.6 Å². The Labute approximate surface area is 130 Å². The maximum Gasteiger partial charge on any atom is 0.326 e. The molecular weight excluding hydrogens is 342 g/mol. The summed E-state index contributed by atoms with van der Waals surface area (Å²) in [6.07, 6.45) is 0.131. The smallest absolute Gasteiger partial charge is 0.326 e. The first-order chi connectivity index (χ1) is 9.81. The first-order valence-electron chi connectivity index (χ1n) is 6.33. The largest absolute Gasteiger partial charge is 0.481 e. The van der Waals surface area contributed by atoms with Crippen LogP contribution in [0.15, 0.2) is 22.7 Å². The molecule has 1 rings (SSSR count). The van der Waals surface area contributed by atoms with Crippen molar-refractivity contribution in [1.82, 2.24) is 5.32 Å². The molecule has 0 spiro atoms. The van der Waals surface area contributed by atoms with E-state index >= 15 is 0 Å². The molecule has 7 heteroatoms. The van der Waals surface area contributed by atoms with E-state index in [1.807, 2.05) is 6.92 Å². The number of rotatable bonds is 7. The number of aliphatic carboxylic acids is 2. The van der Waals surface area contributed by atoms with Crippen molar-refractivity contribution >= 4 is 33.8 Å². The molecule has 1 atom stereocenters. The van der Waals surface area contributed by atoms with E-state index in [9.17, 15) is 14.4 Å². The highest BCUT2D eigenvalue weighted by atomic mass is 79.9. The van der Waals surface area contributed by atoms with Gasteiger partial charge in [0, 0.05) is 16.5 Å². The minimum atomic E-state index is -1.18. The van der Waals surface area contributed by atoms with Crippen LogP contribution in [0.3, 0.4) is 0 Å². The predicted molar refractivity (Wildman–Crippen MR) is 79.3 cm³/mol. The van der Waals surface area contributed by atoms with Crippen LogP contribution in [0.4, 0.5) is 0 Å². The van der Waals surface area contributed by atoms with Gasteiger partial charge in [-0.25, -0.2) is 4.79 Å². The van der Waals surface area contributed by atoms with Gasteiger partial charge in [-0.2, -0.15) is 0 Å². The van der Waals surface area contributed by atoms with Gasteiger partial charge in [-0.15, -0.1) is 0 Å². The number of amides is 1. The van der Waals surface area contributed by atoms with Gasteiger partial charge in [0.15, 0.2) is 0 Å². The molecule has 0 bridgehead atoms. The Morgan fingerprint density at radius 1 is 1.29 bits per heavy atom. The number of carboxylic acid groups (broad SMARTS) is 2.